The van der Waals surface area contributed by atoms with Crippen LogP contribution in [0.5, 0.6) is 0 Å². The first kappa shape index (κ1) is 18.9. The number of aromatic amines is 1. The van der Waals surface area contributed by atoms with Crippen molar-refractivity contribution in [2.75, 3.05) is 11.1 Å². The van der Waals surface area contributed by atoms with E-state index in [9.17, 15) is 18.0 Å². The highest BCUT2D eigenvalue weighted by atomic mass is 35.5. The number of hydrogen-bond acceptors (Lipinski definition) is 3. The second kappa shape index (κ2) is 7.38. The first-order valence-corrected chi connectivity index (χ1v) is 8.91. The van der Waals surface area contributed by atoms with Crippen molar-refractivity contribution in [1.82, 2.24) is 9.97 Å². The molecule has 1 heterocycles. The second-order valence-corrected chi connectivity index (χ2v) is 7.02. The van der Waals surface area contributed by atoms with E-state index in [0.29, 0.717) is 26.2 Å². The first-order valence-electron chi connectivity index (χ1n) is 7.17. The van der Waals surface area contributed by atoms with Crippen LogP contribution < -0.4 is 5.32 Å². The topological polar surface area (TPSA) is 57.8 Å². The number of aromatic nitrogens is 2. The Morgan fingerprint density at radius 2 is 1.92 bits per heavy atom. The van der Waals surface area contributed by atoms with Gasteiger partial charge in [0, 0.05) is 5.69 Å². The van der Waals surface area contributed by atoms with Crippen LogP contribution in [-0.4, -0.2) is 21.6 Å². The summed E-state index contributed by atoms with van der Waals surface area (Å²) in [6.45, 7) is 0. The molecule has 136 valence electrons. The lowest BCUT2D eigenvalue weighted by molar-refractivity contribution is -0.137. The fourth-order valence-electron chi connectivity index (χ4n) is 2.15. The molecule has 2 N–H and O–H groups in total. The van der Waals surface area contributed by atoms with Gasteiger partial charge in [-0.05, 0) is 30.3 Å². The van der Waals surface area contributed by atoms with E-state index in [4.69, 9.17) is 23.2 Å². The Labute approximate surface area is 160 Å². The minimum Gasteiger partial charge on any atom is -0.333 e. The molecule has 3 rings (SSSR count). The highest BCUT2D eigenvalue weighted by Gasteiger charge is 2.30. The lowest BCUT2D eigenvalue weighted by Crippen LogP contribution is -2.15. The Balaban J connectivity index is 1.64. The molecule has 26 heavy (non-hydrogen) atoms. The summed E-state index contributed by atoms with van der Waals surface area (Å²) in [5.41, 5.74) is 0.517. The van der Waals surface area contributed by atoms with Crippen molar-refractivity contribution in [1.29, 1.82) is 0 Å². The molecule has 1 aromatic heterocycles. The Bertz CT molecular complexity index is 936. The van der Waals surface area contributed by atoms with Gasteiger partial charge in [-0.15, -0.1) is 0 Å². The molecule has 0 saturated carbocycles. The van der Waals surface area contributed by atoms with Gasteiger partial charge in [0.1, 0.15) is 0 Å². The van der Waals surface area contributed by atoms with Gasteiger partial charge in [-0.3, -0.25) is 4.79 Å². The molecule has 3 aromatic rings. The number of nitrogens with one attached hydrogen (secondary N) is 2. The molecule has 10 heteroatoms. The third-order valence-electron chi connectivity index (χ3n) is 3.32. The van der Waals surface area contributed by atoms with E-state index >= 15 is 0 Å². The number of imidazole rings is 1. The van der Waals surface area contributed by atoms with Crippen LogP contribution in [0.15, 0.2) is 41.6 Å². The molecular weight excluding hydrogens is 410 g/mol. The number of halogens is 5. The normalized spacial score (nSPS) is 11.7. The third kappa shape index (κ3) is 4.44. The van der Waals surface area contributed by atoms with E-state index in [0.717, 1.165) is 23.9 Å². The van der Waals surface area contributed by atoms with Crippen molar-refractivity contribution in [3.8, 4) is 0 Å². The standard InChI is InChI=1S/C16H10Cl2F3N3OS/c17-10-5-12-13(6-11(10)18)24-15(23-12)26-7-14(25)22-9-3-1-2-8(4-9)16(19,20)21/h1-6H,7H2,(H,22,25)(H,23,24). The lowest BCUT2D eigenvalue weighted by atomic mass is 10.2. The minimum atomic E-state index is -4.47. The van der Waals surface area contributed by atoms with Gasteiger partial charge in [0.05, 0.1) is 32.4 Å². The van der Waals surface area contributed by atoms with E-state index in [-0.39, 0.29) is 11.4 Å². The summed E-state index contributed by atoms with van der Waals surface area (Å²) >= 11 is 13.0. The van der Waals surface area contributed by atoms with Crippen molar-refractivity contribution in [3.63, 3.8) is 0 Å². The van der Waals surface area contributed by atoms with Crippen molar-refractivity contribution in [3.05, 3.63) is 52.0 Å². The Hall–Kier alpha value is -1.90. The maximum absolute atomic E-state index is 12.7. The van der Waals surface area contributed by atoms with Crippen LogP contribution in [0, 0.1) is 0 Å². The highest BCUT2D eigenvalue weighted by molar-refractivity contribution is 7.99. The Morgan fingerprint density at radius 1 is 1.19 bits per heavy atom. The maximum atomic E-state index is 12.7. The van der Waals surface area contributed by atoms with Gasteiger partial charge >= 0.3 is 6.18 Å². The van der Waals surface area contributed by atoms with Crippen LogP contribution >= 0.6 is 35.0 Å². The predicted octanol–water partition coefficient (Wildman–Crippen LogP) is 5.62. The van der Waals surface area contributed by atoms with E-state index in [1.807, 2.05) is 0 Å². The maximum Gasteiger partial charge on any atom is 0.416 e. The van der Waals surface area contributed by atoms with Gasteiger partial charge in [0.2, 0.25) is 5.91 Å². The minimum absolute atomic E-state index is 0.0302. The second-order valence-electron chi connectivity index (χ2n) is 5.24. The number of fused-ring (bicyclic) bond motifs is 1. The number of alkyl halides is 3. The molecule has 1 amide bonds. The number of carbonyl (C=O) groups excluding carboxylic acids is 1. The molecule has 0 spiro atoms. The molecule has 0 bridgehead atoms. The number of thioether (sulfide) groups is 1. The smallest absolute Gasteiger partial charge is 0.333 e. The predicted molar refractivity (Wildman–Crippen MR) is 96.9 cm³/mol. The third-order valence-corrected chi connectivity index (χ3v) is 4.91. The van der Waals surface area contributed by atoms with Gasteiger partial charge in [-0.25, -0.2) is 4.98 Å². The monoisotopic (exact) mass is 419 g/mol. The highest BCUT2D eigenvalue weighted by Crippen LogP contribution is 2.31. The van der Waals surface area contributed by atoms with Crippen LogP contribution in [-0.2, 0) is 11.0 Å². The van der Waals surface area contributed by atoms with Gasteiger partial charge < -0.3 is 10.3 Å². The van der Waals surface area contributed by atoms with E-state index in [1.54, 1.807) is 12.1 Å². The molecule has 2 aromatic carbocycles. The number of hydrogen-bond donors (Lipinski definition) is 2. The molecule has 0 aliphatic heterocycles. The van der Waals surface area contributed by atoms with E-state index < -0.39 is 17.6 Å². The first-order chi connectivity index (χ1) is 12.2. The van der Waals surface area contributed by atoms with E-state index in [1.165, 1.54) is 12.1 Å². The number of amides is 1. The number of carbonyl (C=O) groups is 1. The average Bonchev–Trinajstić information content (AvgIpc) is 2.94. The quantitative estimate of drug-likeness (QED) is 0.539. The van der Waals surface area contributed by atoms with Crippen molar-refractivity contribution in [2.45, 2.75) is 11.3 Å². The zero-order valence-electron chi connectivity index (χ0n) is 12.8. The summed E-state index contributed by atoms with van der Waals surface area (Å²) < 4.78 is 38.1. The van der Waals surface area contributed by atoms with Gasteiger partial charge in [-0.1, -0.05) is 41.0 Å². The molecule has 0 atom stereocenters. The fraction of sp³-hybridized carbons (Fsp3) is 0.125. The number of nitrogens with zero attached hydrogens (tertiary/aromatic N) is 1. The summed E-state index contributed by atoms with van der Waals surface area (Å²) in [6.07, 6.45) is -4.47. The molecule has 0 saturated heterocycles. The van der Waals surface area contributed by atoms with Gasteiger partial charge in [0.25, 0.3) is 0 Å². The summed E-state index contributed by atoms with van der Waals surface area (Å²) in [4.78, 5) is 19.2. The van der Waals surface area contributed by atoms with Crippen LogP contribution in [0.2, 0.25) is 10.0 Å². The van der Waals surface area contributed by atoms with Crippen molar-refractivity contribution < 1.29 is 18.0 Å². The average molecular weight is 420 g/mol. The zero-order chi connectivity index (χ0) is 18.9. The largest absolute Gasteiger partial charge is 0.416 e. The molecule has 0 aliphatic carbocycles. The molecule has 0 radical (unpaired) electrons. The van der Waals surface area contributed by atoms with Gasteiger partial charge in [0.15, 0.2) is 5.16 Å². The molecule has 0 fully saturated rings. The summed E-state index contributed by atoms with van der Waals surface area (Å²) in [7, 11) is 0. The number of rotatable bonds is 4. The molecule has 0 aliphatic rings. The fourth-order valence-corrected chi connectivity index (χ4v) is 3.16. The zero-order valence-corrected chi connectivity index (χ0v) is 15.2. The Morgan fingerprint density at radius 3 is 2.65 bits per heavy atom. The van der Waals surface area contributed by atoms with E-state index in [2.05, 4.69) is 15.3 Å². The van der Waals surface area contributed by atoms with Crippen LogP contribution in [0.3, 0.4) is 0 Å². The summed E-state index contributed by atoms with van der Waals surface area (Å²) in [5.74, 6) is -0.483. The SMILES string of the molecule is O=C(CSc1nc2cc(Cl)c(Cl)cc2[nH]1)Nc1cccc(C(F)(F)F)c1. The van der Waals surface area contributed by atoms with Crippen LogP contribution in [0.25, 0.3) is 11.0 Å². The van der Waals surface area contributed by atoms with Crippen LogP contribution in [0.1, 0.15) is 5.56 Å². The number of anilines is 1. The van der Waals surface area contributed by atoms with Crippen LogP contribution in [0.4, 0.5) is 18.9 Å². The molecule has 0 unspecified atom stereocenters. The summed E-state index contributed by atoms with van der Waals surface area (Å²) in [5, 5.41) is 3.64. The molecular formula is C16H10Cl2F3N3OS. The Kier molecular flexibility index (Phi) is 5.36. The lowest BCUT2D eigenvalue weighted by Gasteiger charge is -2.09. The number of H-pyrrole nitrogens is 1. The number of benzene rings is 2. The molecule has 4 nitrogen and oxygen atoms in total. The summed E-state index contributed by atoms with van der Waals surface area (Å²) in [6, 6.07) is 7.67. The van der Waals surface area contributed by atoms with Crippen molar-refractivity contribution in [2.24, 2.45) is 0 Å². The van der Waals surface area contributed by atoms with Crippen molar-refractivity contribution >= 4 is 57.6 Å². The van der Waals surface area contributed by atoms with Gasteiger partial charge in [-0.2, -0.15) is 13.2 Å².